The van der Waals surface area contributed by atoms with Crippen molar-refractivity contribution in [3.05, 3.63) is 42.4 Å². The molecule has 0 saturated carbocycles. The van der Waals surface area contributed by atoms with E-state index in [4.69, 9.17) is 14.3 Å². The molecule has 19 heavy (non-hydrogen) atoms. The highest BCUT2D eigenvalue weighted by Gasteiger charge is 2.13. The van der Waals surface area contributed by atoms with E-state index in [1.165, 1.54) is 0 Å². The molecule has 1 aromatic heterocycles. The molecular weight excluding hydrogens is 244 g/mol. The zero-order valence-electron chi connectivity index (χ0n) is 10.8. The highest BCUT2D eigenvalue weighted by atomic mass is 16.5. The molecule has 2 aromatic rings. The number of unbranched alkanes of at least 4 members (excludes halogenated alkanes) is 1. The molecule has 1 heterocycles. The van der Waals surface area contributed by atoms with Gasteiger partial charge in [0.15, 0.2) is 0 Å². The Balaban J connectivity index is 2.30. The largest absolute Gasteiger partial charge is 0.493 e. The van der Waals surface area contributed by atoms with E-state index >= 15 is 0 Å². The second-order valence-electron chi connectivity index (χ2n) is 4.23. The van der Waals surface area contributed by atoms with Gasteiger partial charge in [0.2, 0.25) is 0 Å². The van der Waals surface area contributed by atoms with Crippen LogP contribution in [0.2, 0.25) is 0 Å². The fraction of sp³-hybridized carbons (Fsp3) is 0.267. The summed E-state index contributed by atoms with van der Waals surface area (Å²) in [6.07, 6.45) is 5.10. The van der Waals surface area contributed by atoms with Crippen molar-refractivity contribution in [1.82, 2.24) is 0 Å². The number of benzene rings is 1. The van der Waals surface area contributed by atoms with Crippen LogP contribution in [0.15, 0.2) is 41.2 Å². The molecule has 0 aliphatic rings. The SMILES string of the molecule is CCCCOc1cc(-c2ccoc2)ccc1C(=O)O. The van der Waals surface area contributed by atoms with Crippen molar-refractivity contribution in [2.45, 2.75) is 19.8 Å². The van der Waals surface area contributed by atoms with E-state index in [-0.39, 0.29) is 5.56 Å². The molecule has 1 aromatic carbocycles. The molecule has 0 spiro atoms. The fourth-order valence-corrected chi connectivity index (χ4v) is 1.75. The predicted molar refractivity (Wildman–Crippen MR) is 71.5 cm³/mol. The number of rotatable bonds is 6. The average Bonchev–Trinajstić information content (AvgIpc) is 2.92. The Bertz CT molecular complexity index is 543. The molecule has 0 radical (unpaired) electrons. The number of carbonyl (C=O) groups is 1. The van der Waals surface area contributed by atoms with Gasteiger partial charge in [-0.15, -0.1) is 0 Å². The Labute approximate surface area is 111 Å². The van der Waals surface area contributed by atoms with Crippen LogP contribution < -0.4 is 4.74 Å². The molecule has 0 atom stereocenters. The first-order valence-corrected chi connectivity index (χ1v) is 6.25. The predicted octanol–water partition coefficient (Wildman–Crippen LogP) is 3.82. The van der Waals surface area contributed by atoms with Crippen molar-refractivity contribution in [2.24, 2.45) is 0 Å². The molecular formula is C15H16O4. The third-order valence-corrected chi connectivity index (χ3v) is 2.82. The van der Waals surface area contributed by atoms with Crippen LogP contribution >= 0.6 is 0 Å². The Morgan fingerprint density at radius 3 is 2.79 bits per heavy atom. The number of carboxylic acids is 1. The molecule has 100 valence electrons. The van der Waals surface area contributed by atoms with Gasteiger partial charge >= 0.3 is 5.97 Å². The van der Waals surface area contributed by atoms with Gasteiger partial charge in [0.1, 0.15) is 11.3 Å². The monoisotopic (exact) mass is 260 g/mol. The summed E-state index contributed by atoms with van der Waals surface area (Å²) in [5.41, 5.74) is 1.96. The average molecular weight is 260 g/mol. The smallest absolute Gasteiger partial charge is 0.339 e. The van der Waals surface area contributed by atoms with Crippen molar-refractivity contribution < 1.29 is 19.1 Å². The summed E-state index contributed by atoms with van der Waals surface area (Å²) in [6.45, 7) is 2.58. The van der Waals surface area contributed by atoms with Crippen LogP contribution in [0, 0.1) is 0 Å². The summed E-state index contributed by atoms with van der Waals surface area (Å²) in [6, 6.07) is 6.88. The lowest BCUT2D eigenvalue weighted by atomic mass is 10.1. The Hall–Kier alpha value is -2.23. The third-order valence-electron chi connectivity index (χ3n) is 2.82. The Morgan fingerprint density at radius 1 is 1.32 bits per heavy atom. The summed E-state index contributed by atoms with van der Waals surface area (Å²) in [5.74, 6) is -0.579. The van der Waals surface area contributed by atoms with Crippen molar-refractivity contribution in [2.75, 3.05) is 6.61 Å². The summed E-state index contributed by atoms with van der Waals surface area (Å²) >= 11 is 0. The zero-order valence-corrected chi connectivity index (χ0v) is 10.8. The standard InChI is InChI=1S/C15H16O4/c1-2-3-7-19-14-9-11(12-6-8-18-10-12)4-5-13(14)15(16)17/h4-6,8-10H,2-3,7H2,1H3,(H,16,17). The van der Waals surface area contributed by atoms with Gasteiger partial charge in [-0.2, -0.15) is 0 Å². The molecule has 0 amide bonds. The van der Waals surface area contributed by atoms with Crippen LogP contribution in [0.25, 0.3) is 11.1 Å². The van der Waals surface area contributed by atoms with Gasteiger partial charge in [0.05, 0.1) is 19.1 Å². The van der Waals surface area contributed by atoms with Gasteiger partial charge in [0, 0.05) is 5.56 Å². The minimum absolute atomic E-state index is 0.184. The van der Waals surface area contributed by atoms with Crippen molar-refractivity contribution in [3.63, 3.8) is 0 Å². The molecule has 0 aliphatic carbocycles. The summed E-state index contributed by atoms with van der Waals surface area (Å²) < 4.78 is 10.6. The van der Waals surface area contributed by atoms with Crippen LogP contribution in [0.5, 0.6) is 5.75 Å². The molecule has 0 bridgehead atoms. The molecule has 0 unspecified atom stereocenters. The lowest BCUT2D eigenvalue weighted by Gasteiger charge is -2.10. The molecule has 4 nitrogen and oxygen atoms in total. The maximum atomic E-state index is 11.2. The maximum Gasteiger partial charge on any atom is 0.339 e. The lowest BCUT2D eigenvalue weighted by molar-refractivity contribution is 0.0692. The van der Waals surface area contributed by atoms with E-state index in [2.05, 4.69) is 6.92 Å². The van der Waals surface area contributed by atoms with Gasteiger partial charge in [0.25, 0.3) is 0 Å². The first-order chi connectivity index (χ1) is 9.22. The Morgan fingerprint density at radius 2 is 2.16 bits per heavy atom. The number of furan rings is 1. The van der Waals surface area contributed by atoms with Crippen molar-refractivity contribution >= 4 is 5.97 Å². The number of hydrogen-bond acceptors (Lipinski definition) is 3. The number of carboxylic acid groups (broad SMARTS) is 1. The molecule has 0 fully saturated rings. The van der Waals surface area contributed by atoms with E-state index in [1.54, 1.807) is 30.7 Å². The third kappa shape index (κ3) is 3.16. The lowest BCUT2D eigenvalue weighted by Crippen LogP contribution is -2.04. The van der Waals surface area contributed by atoms with E-state index in [9.17, 15) is 4.79 Å². The normalized spacial score (nSPS) is 10.4. The van der Waals surface area contributed by atoms with Crippen LogP contribution in [0.3, 0.4) is 0 Å². The molecule has 2 rings (SSSR count). The summed E-state index contributed by atoms with van der Waals surface area (Å²) in [7, 11) is 0. The second-order valence-corrected chi connectivity index (χ2v) is 4.23. The molecule has 0 aliphatic heterocycles. The fourth-order valence-electron chi connectivity index (χ4n) is 1.75. The molecule has 1 N–H and O–H groups in total. The minimum atomic E-state index is -0.981. The van der Waals surface area contributed by atoms with Crippen LogP contribution in [0.1, 0.15) is 30.1 Å². The van der Waals surface area contributed by atoms with Gasteiger partial charge in [-0.3, -0.25) is 0 Å². The highest BCUT2D eigenvalue weighted by molar-refractivity contribution is 5.92. The number of ether oxygens (including phenoxy) is 1. The van der Waals surface area contributed by atoms with Crippen LogP contribution in [-0.2, 0) is 0 Å². The zero-order chi connectivity index (χ0) is 13.7. The molecule has 4 heteroatoms. The second kappa shape index (κ2) is 6.09. The van der Waals surface area contributed by atoms with Crippen LogP contribution in [-0.4, -0.2) is 17.7 Å². The van der Waals surface area contributed by atoms with Crippen molar-refractivity contribution in [3.8, 4) is 16.9 Å². The first kappa shape index (κ1) is 13.2. The maximum absolute atomic E-state index is 11.2. The molecule has 0 saturated heterocycles. The minimum Gasteiger partial charge on any atom is -0.493 e. The topological polar surface area (TPSA) is 59.7 Å². The van der Waals surface area contributed by atoms with E-state index in [0.29, 0.717) is 12.4 Å². The van der Waals surface area contributed by atoms with Gasteiger partial charge in [-0.25, -0.2) is 4.79 Å². The number of hydrogen-bond donors (Lipinski definition) is 1. The highest BCUT2D eigenvalue weighted by Crippen LogP contribution is 2.28. The summed E-state index contributed by atoms with van der Waals surface area (Å²) in [4.78, 5) is 11.2. The van der Waals surface area contributed by atoms with E-state index in [0.717, 1.165) is 24.0 Å². The Kier molecular flexibility index (Phi) is 4.23. The number of aromatic carboxylic acids is 1. The van der Waals surface area contributed by atoms with Gasteiger partial charge in [-0.1, -0.05) is 19.4 Å². The van der Waals surface area contributed by atoms with Crippen molar-refractivity contribution in [1.29, 1.82) is 0 Å². The van der Waals surface area contributed by atoms with Gasteiger partial charge < -0.3 is 14.3 Å². The van der Waals surface area contributed by atoms with Gasteiger partial charge in [-0.05, 0) is 30.2 Å². The first-order valence-electron chi connectivity index (χ1n) is 6.25. The van der Waals surface area contributed by atoms with E-state index < -0.39 is 5.97 Å². The van der Waals surface area contributed by atoms with Crippen LogP contribution in [0.4, 0.5) is 0 Å². The van der Waals surface area contributed by atoms with E-state index in [1.807, 2.05) is 6.07 Å². The summed E-state index contributed by atoms with van der Waals surface area (Å²) in [5, 5.41) is 9.15. The quantitative estimate of drug-likeness (QED) is 0.802.